The minimum Gasteiger partial charge on any atom is -0.455 e. The Kier molecular flexibility index (Phi) is 11.4. The van der Waals surface area contributed by atoms with E-state index in [4.69, 9.17) is 25.8 Å². The van der Waals surface area contributed by atoms with Gasteiger partial charge >= 0.3 is 5.97 Å². The average molecular weight is 680 g/mol. The molecular formula is C36H42ClN3O8. The standard InChI is InChI=1S/C36H42ClN3O8/c1-4-6-12-28(42)38-26(22-46-3)31(23-10-8-7-9-11-23)47-35(45)29-27-17-18-36(48-27)30(29)33(43)40(20-21-41)32(36)34(44)39(19-5-2)25-15-13-24(37)14-16-25/h4-5,7-11,13-16,26-27,29-32,41H,1-2,6,12,17-22H2,3H3,(H,38,42)/t26-,27+,29-,30-,31-,32+,36-/m0/s1. The molecule has 3 aliphatic heterocycles. The molecule has 2 N–H and O–H groups in total. The Bertz CT molecular complexity index is 1500. The summed E-state index contributed by atoms with van der Waals surface area (Å²) in [4.78, 5) is 58.6. The molecule has 3 fully saturated rings. The van der Waals surface area contributed by atoms with E-state index < -0.39 is 59.5 Å². The summed E-state index contributed by atoms with van der Waals surface area (Å²) >= 11 is 6.11. The summed E-state index contributed by atoms with van der Waals surface area (Å²) in [6.45, 7) is 7.17. The molecule has 5 rings (SSSR count). The molecule has 3 heterocycles. The predicted molar refractivity (Wildman–Crippen MR) is 179 cm³/mol. The highest BCUT2D eigenvalue weighted by Gasteiger charge is 2.75. The van der Waals surface area contributed by atoms with Gasteiger partial charge in [0.1, 0.15) is 17.7 Å². The fraction of sp³-hybridized carbons (Fsp3) is 0.444. The normalized spacial score (nSPS) is 25.2. The number of nitrogens with one attached hydrogen (secondary N) is 1. The summed E-state index contributed by atoms with van der Waals surface area (Å²) in [6, 6.07) is 13.9. The lowest BCUT2D eigenvalue weighted by Gasteiger charge is -2.36. The monoisotopic (exact) mass is 679 g/mol. The largest absolute Gasteiger partial charge is 0.455 e. The molecule has 2 aromatic carbocycles. The summed E-state index contributed by atoms with van der Waals surface area (Å²) in [6.07, 6.45) is 3.08. The Morgan fingerprint density at radius 2 is 1.90 bits per heavy atom. The van der Waals surface area contributed by atoms with Gasteiger partial charge in [-0.05, 0) is 49.1 Å². The number of ether oxygens (including phenoxy) is 3. The van der Waals surface area contributed by atoms with E-state index in [9.17, 15) is 24.3 Å². The molecular weight excluding hydrogens is 638 g/mol. The number of carbonyl (C=O) groups excluding carboxylic acids is 4. The highest BCUT2D eigenvalue weighted by molar-refractivity contribution is 6.30. The van der Waals surface area contributed by atoms with Gasteiger partial charge in [-0.1, -0.05) is 54.1 Å². The molecule has 0 aromatic heterocycles. The van der Waals surface area contributed by atoms with Crippen LogP contribution in [-0.2, 0) is 33.4 Å². The number of anilines is 1. The van der Waals surface area contributed by atoms with Crippen LogP contribution in [0.2, 0.25) is 5.02 Å². The maximum atomic E-state index is 14.5. The van der Waals surface area contributed by atoms with Gasteiger partial charge in [0.2, 0.25) is 11.8 Å². The van der Waals surface area contributed by atoms with Crippen LogP contribution >= 0.6 is 11.6 Å². The number of amides is 3. The number of carbonyl (C=O) groups is 4. The second-order valence-electron chi connectivity index (χ2n) is 12.2. The predicted octanol–water partition coefficient (Wildman–Crippen LogP) is 3.61. The molecule has 0 radical (unpaired) electrons. The van der Waals surface area contributed by atoms with Gasteiger partial charge in [0.15, 0.2) is 0 Å². The van der Waals surface area contributed by atoms with E-state index in [1.54, 1.807) is 60.7 Å². The summed E-state index contributed by atoms with van der Waals surface area (Å²) in [5.41, 5.74) is -0.128. The molecule has 2 bridgehead atoms. The topological polar surface area (TPSA) is 135 Å². The van der Waals surface area contributed by atoms with Crippen LogP contribution in [0.5, 0.6) is 0 Å². The van der Waals surface area contributed by atoms with Gasteiger partial charge < -0.3 is 34.4 Å². The second-order valence-corrected chi connectivity index (χ2v) is 12.7. The van der Waals surface area contributed by atoms with Crippen LogP contribution < -0.4 is 10.2 Å². The summed E-state index contributed by atoms with van der Waals surface area (Å²) in [7, 11) is 1.49. The molecule has 256 valence electrons. The Hall–Kier alpha value is -4.03. The molecule has 2 aromatic rings. The fourth-order valence-electron chi connectivity index (χ4n) is 7.39. The van der Waals surface area contributed by atoms with Crippen LogP contribution in [0.4, 0.5) is 5.69 Å². The van der Waals surface area contributed by atoms with E-state index in [0.29, 0.717) is 35.5 Å². The average Bonchev–Trinajstić information content (AvgIpc) is 3.73. The molecule has 3 aliphatic rings. The van der Waals surface area contributed by atoms with Gasteiger partial charge in [-0.2, -0.15) is 0 Å². The Balaban J connectivity index is 1.47. The molecule has 0 unspecified atom stereocenters. The number of likely N-dealkylation sites (tertiary alicyclic amines) is 1. The van der Waals surface area contributed by atoms with Crippen LogP contribution in [0.3, 0.4) is 0 Å². The zero-order chi connectivity index (χ0) is 34.4. The molecule has 12 heteroatoms. The SMILES string of the molecule is C=CCCC(=O)N[C@@H](COC)[C@@H](OC(=O)[C@@H]1[C@H]2C(=O)N(CCO)[C@H](C(=O)N(CC=C)c3ccc(Cl)cc3)[C@]23CC[C@H]1O3)c1ccccc1. The highest BCUT2D eigenvalue weighted by atomic mass is 35.5. The molecule has 1 spiro atoms. The van der Waals surface area contributed by atoms with Gasteiger partial charge in [0.05, 0.1) is 37.2 Å². The van der Waals surface area contributed by atoms with E-state index in [1.807, 2.05) is 6.07 Å². The number of nitrogens with zero attached hydrogens (tertiary/aromatic N) is 2. The van der Waals surface area contributed by atoms with Crippen molar-refractivity contribution >= 4 is 41.0 Å². The number of halogens is 1. The third kappa shape index (κ3) is 6.78. The lowest BCUT2D eigenvalue weighted by Crippen LogP contribution is -2.56. The molecule has 0 saturated carbocycles. The quantitative estimate of drug-likeness (QED) is 0.203. The lowest BCUT2D eigenvalue weighted by atomic mass is 9.70. The molecule has 3 saturated heterocycles. The minimum absolute atomic E-state index is 0.0499. The van der Waals surface area contributed by atoms with Crippen LogP contribution in [0.1, 0.15) is 37.4 Å². The number of aliphatic hydroxyl groups excluding tert-OH is 1. The Labute approximate surface area is 285 Å². The number of allylic oxidation sites excluding steroid dienone is 1. The summed E-state index contributed by atoms with van der Waals surface area (Å²) in [5, 5.41) is 13.4. The number of esters is 1. The molecule has 11 nitrogen and oxygen atoms in total. The molecule has 3 amide bonds. The van der Waals surface area contributed by atoms with E-state index in [-0.39, 0.29) is 38.6 Å². The van der Waals surface area contributed by atoms with Gasteiger partial charge in [-0.15, -0.1) is 13.2 Å². The number of hydrogen-bond donors (Lipinski definition) is 2. The molecule has 48 heavy (non-hydrogen) atoms. The lowest BCUT2D eigenvalue weighted by molar-refractivity contribution is -0.163. The first kappa shape index (κ1) is 35.3. The number of fused-ring (bicyclic) bond motifs is 1. The first-order valence-electron chi connectivity index (χ1n) is 16.1. The van der Waals surface area contributed by atoms with Crippen LogP contribution in [0.25, 0.3) is 0 Å². The minimum atomic E-state index is -1.31. The number of aliphatic hydroxyl groups is 1. The van der Waals surface area contributed by atoms with Crippen molar-refractivity contribution in [3.63, 3.8) is 0 Å². The Morgan fingerprint density at radius 3 is 2.54 bits per heavy atom. The first-order valence-corrected chi connectivity index (χ1v) is 16.5. The zero-order valence-corrected chi connectivity index (χ0v) is 27.7. The van der Waals surface area contributed by atoms with Crippen molar-refractivity contribution in [2.45, 2.75) is 55.6 Å². The van der Waals surface area contributed by atoms with Crippen molar-refractivity contribution in [3.8, 4) is 0 Å². The zero-order valence-electron chi connectivity index (χ0n) is 27.0. The molecule has 0 aliphatic carbocycles. The van der Waals surface area contributed by atoms with Gasteiger partial charge in [0, 0.05) is 37.3 Å². The number of benzene rings is 2. The van der Waals surface area contributed by atoms with E-state index >= 15 is 0 Å². The number of β-amino-alcohol motifs (C(OH)–C–C–N with tert-alkyl or cyclic N) is 1. The van der Waals surface area contributed by atoms with Crippen molar-refractivity contribution in [1.29, 1.82) is 0 Å². The summed E-state index contributed by atoms with van der Waals surface area (Å²) in [5.74, 6) is -3.83. The first-order chi connectivity index (χ1) is 23.2. The van der Waals surface area contributed by atoms with Crippen LogP contribution in [0.15, 0.2) is 79.9 Å². The van der Waals surface area contributed by atoms with E-state index in [1.165, 1.54) is 16.9 Å². The smallest absolute Gasteiger partial charge is 0.313 e. The van der Waals surface area contributed by atoms with Gasteiger partial charge in [-0.3, -0.25) is 19.2 Å². The Morgan fingerprint density at radius 1 is 1.17 bits per heavy atom. The van der Waals surface area contributed by atoms with E-state index in [0.717, 1.165) is 0 Å². The molecule has 7 atom stereocenters. The van der Waals surface area contributed by atoms with Gasteiger partial charge in [0.25, 0.3) is 5.91 Å². The van der Waals surface area contributed by atoms with Crippen molar-refractivity contribution in [1.82, 2.24) is 10.2 Å². The third-order valence-corrected chi connectivity index (χ3v) is 9.62. The maximum Gasteiger partial charge on any atom is 0.313 e. The number of rotatable bonds is 16. The number of hydrogen-bond acceptors (Lipinski definition) is 8. The van der Waals surface area contributed by atoms with Gasteiger partial charge in [-0.25, -0.2) is 0 Å². The van der Waals surface area contributed by atoms with Crippen LogP contribution in [0, 0.1) is 11.8 Å². The maximum absolute atomic E-state index is 14.5. The van der Waals surface area contributed by atoms with Crippen molar-refractivity contribution < 1.29 is 38.5 Å². The van der Waals surface area contributed by atoms with Crippen LogP contribution in [-0.4, -0.2) is 90.9 Å². The second kappa shape index (κ2) is 15.5. The third-order valence-electron chi connectivity index (χ3n) is 9.37. The number of methoxy groups -OCH3 is 1. The van der Waals surface area contributed by atoms with Crippen molar-refractivity contribution in [2.24, 2.45) is 11.8 Å². The van der Waals surface area contributed by atoms with Crippen molar-refractivity contribution in [2.75, 3.05) is 38.3 Å². The van der Waals surface area contributed by atoms with Crippen molar-refractivity contribution in [3.05, 3.63) is 90.5 Å². The summed E-state index contributed by atoms with van der Waals surface area (Å²) < 4.78 is 18.2. The van der Waals surface area contributed by atoms with E-state index in [2.05, 4.69) is 18.5 Å². The highest BCUT2D eigenvalue weighted by Crippen LogP contribution is 2.59. The fourth-order valence-corrected chi connectivity index (χ4v) is 7.52.